The minimum atomic E-state index is -0.819. The average molecular weight is 546 g/mol. The Morgan fingerprint density at radius 2 is 1.75 bits per heavy atom. The molecular formula is C27H20BrN3O5. The third kappa shape index (κ3) is 5.29. The largest absolute Gasteiger partial charge is 0.490 e. The van der Waals surface area contributed by atoms with E-state index in [1.807, 2.05) is 19.1 Å². The van der Waals surface area contributed by atoms with Gasteiger partial charge in [0.25, 0.3) is 11.8 Å². The van der Waals surface area contributed by atoms with Crippen molar-refractivity contribution in [3.05, 3.63) is 93.5 Å². The highest BCUT2D eigenvalue weighted by molar-refractivity contribution is 9.10. The molecule has 0 aromatic heterocycles. The number of nitrogens with one attached hydrogen (secondary N) is 1. The van der Waals surface area contributed by atoms with E-state index in [0.29, 0.717) is 34.9 Å². The quantitative estimate of drug-likeness (QED) is 0.331. The van der Waals surface area contributed by atoms with E-state index in [2.05, 4.69) is 27.3 Å². The zero-order valence-corrected chi connectivity index (χ0v) is 20.7. The molecule has 4 amide bonds. The molecular weight excluding hydrogens is 526 g/mol. The smallest absolute Gasteiger partial charge is 0.335 e. The van der Waals surface area contributed by atoms with Gasteiger partial charge in [0, 0.05) is 10.0 Å². The van der Waals surface area contributed by atoms with E-state index in [4.69, 9.17) is 9.47 Å². The van der Waals surface area contributed by atoms with E-state index < -0.39 is 17.8 Å². The molecule has 9 heteroatoms. The molecule has 0 unspecified atom stereocenters. The summed E-state index contributed by atoms with van der Waals surface area (Å²) in [6.45, 7) is 2.34. The number of carbonyl (C=O) groups excluding carboxylic acids is 3. The van der Waals surface area contributed by atoms with Crippen molar-refractivity contribution in [1.82, 2.24) is 5.32 Å². The van der Waals surface area contributed by atoms with E-state index in [-0.39, 0.29) is 12.2 Å². The molecule has 180 valence electrons. The molecule has 1 fully saturated rings. The Kier molecular flexibility index (Phi) is 7.47. The van der Waals surface area contributed by atoms with Gasteiger partial charge in [-0.05, 0) is 61.0 Å². The molecule has 1 saturated heterocycles. The van der Waals surface area contributed by atoms with Crippen molar-refractivity contribution in [2.24, 2.45) is 0 Å². The van der Waals surface area contributed by atoms with Gasteiger partial charge in [0.05, 0.1) is 23.9 Å². The van der Waals surface area contributed by atoms with Gasteiger partial charge in [0.15, 0.2) is 11.5 Å². The first-order valence-corrected chi connectivity index (χ1v) is 11.7. The molecule has 0 atom stereocenters. The highest BCUT2D eigenvalue weighted by atomic mass is 79.9. The van der Waals surface area contributed by atoms with Crippen LogP contribution in [0.25, 0.3) is 6.08 Å². The second-order valence-corrected chi connectivity index (χ2v) is 8.55. The molecule has 36 heavy (non-hydrogen) atoms. The Morgan fingerprint density at radius 1 is 1.00 bits per heavy atom. The molecule has 0 spiro atoms. The van der Waals surface area contributed by atoms with E-state index in [1.54, 1.807) is 54.6 Å². The fourth-order valence-electron chi connectivity index (χ4n) is 3.56. The van der Waals surface area contributed by atoms with E-state index in [0.717, 1.165) is 14.9 Å². The molecule has 0 radical (unpaired) electrons. The first-order valence-electron chi connectivity index (χ1n) is 11.0. The number of hydrogen-bond acceptors (Lipinski definition) is 6. The Balaban J connectivity index is 1.62. The summed E-state index contributed by atoms with van der Waals surface area (Å²) < 4.78 is 12.4. The van der Waals surface area contributed by atoms with Crippen molar-refractivity contribution in [3.63, 3.8) is 0 Å². The van der Waals surface area contributed by atoms with Crippen molar-refractivity contribution in [3.8, 4) is 17.6 Å². The van der Waals surface area contributed by atoms with Gasteiger partial charge in [-0.25, -0.2) is 9.69 Å². The number of carbonyl (C=O) groups is 3. The van der Waals surface area contributed by atoms with Gasteiger partial charge < -0.3 is 9.47 Å². The zero-order valence-electron chi connectivity index (χ0n) is 19.2. The van der Waals surface area contributed by atoms with Crippen LogP contribution in [0.3, 0.4) is 0 Å². The van der Waals surface area contributed by atoms with Crippen LogP contribution in [0.1, 0.15) is 23.6 Å². The van der Waals surface area contributed by atoms with Crippen LogP contribution >= 0.6 is 15.9 Å². The molecule has 8 nitrogen and oxygen atoms in total. The first-order chi connectivity index (χ1) is 17.4. The molecule has 0 bridgehead atoms. The van der Waals surface area contributed by atoms with Crippen molar-refractivity contribution >= 4 is 45.5 Å². The lowest BCUT2D eigenvalue weighted by Crippen LogP contribution is -2.54. The lowest BCUT2D eigenvalue weighted by molar-refractivity contribution is -0.122. The fraction of sp³-hybridized carbons (Fsp3) is 0.111. The van der Waals surface area contributed by atoms with Crippen LogP contribution in [0, 0.1) is 11.3 Å². The minimum Gasteiger partial charge on any atom is -0.490 e. The van der Waals surface area contributed by atoms with Gasteiger partial charge in [-0.15, -0.1) is 0 Å². The maximum Gasteiger partial charge on any atom is 0.335 e. The van der Waals surface area contributed by atoms with Gasteiger partial charge in [-0.3, -0.25) is 14.9 Å². The van der Waals surface area contributed by atoms with Gasteiger partial charge in [0.2, 0.25) is 0 Å². The summed E-state index contributed by atoms with van der Waals surface area (Å²) in [6, 6.07) is 20.0. The Hall–Kier alpha value is -4.42. The second-order valence-electron chi connectivity index (χ2n) is 7.63. The van der Waals surface area contributed by atoms with Crippen LogP contribution < -0.4 is 19.7 Å². The third-order valence-electron chi connectivity index (χ3n) is 5.29. The Bertz CT molecular complexity index is 1410. The monoisotopic (exact) mass is 545 g/mol. The normalized spacial score (nSPS) is 14.4. The first kappa shape index (κ1) is 24.7. The van der Waals surface area contributed by atoms with Gasteiger partial charge in [0.1, 0.15) is 12.2 Å². The van der Waals surface area contributed by atoms with E-state index in [1.165, 1.54) is 6.08 Å². The van der Waals surface area contributed by atoms with Crippen LogP contribution in [0.15, 0.2) is 76.8 Å². The maximum absolute atomic E-state index is 13.1. The molecule has 1 N–H and O–H groups in total. The number of anilines is 1. The number of benzene rings is 3. The summed E-state index contributed by atoms with van der Waals surface area (Å²) >= 11 is 3.32. The van der Waals surface area contributed by atoms with Crippen LogP contribution in [0.2, 0.25) is 0 Å². The molecule has 0 saturated carbocycles. The second kappa shape index (κ2) is 10.9. The standard InChI is InChI=1S/C27H20BrN3O5/c1-2-35-24-14-17(7-12-23(24)36-16-19-6-4-3-5-18(19)15-29)13-22-25(32)30-27(34)31(26(22)33)21-10-8-20(28)9-11-21/h3-14H,2,16H2,1H3,(H,30,32,34). The van der Waals surface area contributed by atoms with Crippen LogP contribution in [-0.2, 0) is 16.2 Å². The summed E-state index contributed by atoms with van der Waals surface area (Å²) in [6.07, 6.45) is 1.40. The predicted molar refractivity (Wildman–Crippen MR) is 136 cm³/mol. The van der Waals surface area contributed by atoms with Crippen molar-refractivity contribution in [1.29, 1.82) is 5.26 Å². The fourth-order valence-corrected chi connectivity index (χ4v) is 3.83. The predicted octanol–water partition coefficient (Wildman–Crippen LogP) is 4.96. The van der Waals surface area contributed by atoms with Crippen LogP contribution in [0.4, 0.5) is 10.5 Å². The van der Waals surface area contributed by atoms with E-state index in [9.17, 15) is 19.6 Å². The topological polar surface area (TPSA) is 109 Å². The summed E-state index contributed by atoms with van der Waals surface area (Å²) in [5.41, 5.74) is 1.89. The van der Waals surface area contributed by atoms with Gasteiger partial charge in [-0.1, -0.05) is 40.2 Å². The molecule has 1 heterocycles. The van der Waals surface area contributed by atoms with Crippen molar-refractivity contribution in [2.45, 2.75) is 13.5 Å². The maximum atomic E-state index is 13.1. The zero-order chi connectivity index (χ0) is 25.7. The molecule has 3 aromatic carbocycles. The number of hydrogen-bond donors (Lipinski definition) is 1. The van der Waals surface area contributed by atoms with Crippen LogP contribution in [0.5, 0.6) is 11.5 Å². The lowest BCUT2D eigenvalue weighted by atomic mass is 10.1. The molecule has 1 aliphatic rings. The highest BCUT2D eigenvalue weighted by Crippen LogP contribution is 2.31. The number of urea groups is 1. The Morgan fingerprint density at radius 3 is 2.47 bits per heavy atom. The SMILES string of the molecule is CCOc1cc(C=C2C(=O)NC(=O)N(c3ccc(Br)cc3)C2=O)ccc1OCc1ccccc1C#N. The number of nitriles is 1. The summed E-state index contributed by atoms with van der Waals surface area (Å²) in [5, 5.41) is 11.5. The number of imide groups is 2. The highest BCUT2D eigenvalue weighted by Gasteiger charge is 2.36. The lowest BCUT2D eigenvalue weighted by Gasteiger charge is -2.26. The van der Waals surface area contributed by atoms with E-state index >= 15 is 0 Å². The van der Waals surface area contributed by atoms with Gasteiger partial charge >= 0.3 is 6.03 Å². The number of barbiturate groups is 1. The third-order valence-corrected chi connectivity index (χ3v) is 5.81. The summed E-state index contributed by atoms with van der Waals surface area (Å²) in [5.74, 6) is -0.675. The van der Waals surface area contributed by atoms with Crippen LogP contribution in [-0.4, -0.2) is 24.5 Å². The van der Waals surface area contributed by atoms with Gasteiger partial charge in [-0.2, -0.15) is 5.26 Å². The van der Waals surface area contributed by atoms with Crippen molar-refractivity contribution < 1.29 is 23.9 Å². The minimum absolute atomic E-state index is 0.162. The number of halogens is 1. The molecule has 1 aliphatic heterocycles. The Labute approximate surface area is 215 Å². The number of ether oxygens (including phenoxy) is 2. The number of rotatable bonds is 7. The number of amides is 4. The van der Waals surface area contributed by atoms with Crippen molar-refractivity contribution in [2.75, 3.05) is 11.5 Å². The summed E-state index contributed by atoms with van der Waals surface area (Å²) in [7, 11) is 0. The average Bonchev–Trinajstić information content (AvgIpc) is 2.87. The molecule has 3 aromatic rings. The molecule has 0 aliphatic carbocycles. The number of nitrogens with zero attached hydrogens (tertiary/aromatic N) is 2. The molecule has 4 rings (SSSR count). The summed E-state index contributed by atoms with van der Waals surface area (Å²) in [4.78, 5) is 38.9.